The van der Waals surface area contributed by atoms with E-state index in [-0.39, 0.29) is 29.8 Å². The summed E-state index contributed by atoms with van der Waals surface area (Å²) >= 11 is 0. The topological polar surface area (TPSA) is 172 Å². The van der Waals surface area contributed by atoms with Crippen molar-refractivity contribution >= 4 is 46.9 Å². The number of imide groups is 1. The van der Waals surface area contributed by atoms with Crippen LogP contribution in [-0.4, -0.2) is 115 Å². The maximum absolute atomic E-state index is 15.7. The number of nitrogens with zero attached hydrogens (tertiary/aromatic N) is 2. The number of amides is 3. The predicted octanol–water partition coefficient (Wildman–Crippen LogP) is -4.55. The molecule has 2 saturated heterocycles. The number of benzene rings is 2. The van der Waals surface area contributed by atoms with Crippen LogP contribution in [0.3, 0.4) is 0 Å². The maximum atomic E-state index is 15.7. The zero-order chi connectivity index (χ0) is 30.0. The molecule has 0 radical (unpaired) electrons. The Morgan fingerprint density at radius 3 is 2.39 bits per heavy atom. The largest absolute Gasteiger partial charge is 0.391 e. The Labute approximate surface area is 237 Å². The van der Waals surface area contributed by atoms with Gasteiger partial charge in [-0.3, -0.25) is 24.6 Å². The van der Waals surface area contributed by atoms with Crippen molar-refractivity contribution in [3.05, 3.63) is 64.5 Å². The van der Waals surface area contributed by atoms with Crippen molar-refractivity contribution in [2.45, 2.75) is 35.4 Å². The first-order chi connectivity index (χ1) is 19.2. The Morgan fingerprint density at radius 1 is 1.05 bits per heavy atom. The Balaban J connectivity index is 1.41. The molecule has 0 aromatic heterocycles. The normalized spacial score (nSPS) is 27.7. The number of piperidine rings is 1. The molecular formula is C25H30B3FN4O8. The summed E-state index contributed by atoms with van der Waals surface area (Å²) in [6.45, 7) is 1.51. The molecule has 5 rings (SSSR count). The van der Waals surface area contributed by atoms with Gasteiger partial charge in [-0.1, -0.05) is 24.3 Å². The summed E-state index contributed by atoms with van der Waals surface area (Å²) in [5, 5.41) is 48.0. The van der Waals surface area contributed by atoms with E-state index < -0.39 is 45.9 Å². The standard InChI is InChI=1S/C25H30B3FN4O8/c26-22(20(35)31-21(36)23(37,38)25(22,28)40)33-12-15-14(19(33)34)4-2-6-17(15)30-11-13-3-1-5-16(18(13)29)24(27,39)32-7-9-41-10-8-32/h1-6,30,37-40H,7-12,26-28H2,(H,31,35,36). The van der Waals surface area contributed by atoms with Crippen molar-refractivity contribution in [2.24, 2.45) is 0 Å². The average molecular weight is 566 g/mol. The molecule has 12 nitrogen and oxygen atoms in total. The number of carbonyl (C=O) groups is 3. The van der Waals surface area contributed by atoms with Crippen LogP contribution in [0.4, 0.5) is 10.1 Å². The van der Waals surface area contributed by atoms with Crippen molar-refractivity contribution in [2.75, 3.05) is 31.6 Å². The van der Waals surface area contributed by atoms with Crippen molar-refractivity contribution in [3.8, 4) is 0 Å². The Morgan fingerprint density at radius 2 is 1.71 bits per heavy atom. The maximum Gasteiger partial charge on any atom is 0.288 e. The van der Waals surface area contributed by atoms with Crippen LogP contribution in [0.15, 0.2) is 36.4 Å². The Kier molecular flexibility index (Phi) is 7.08. The molecule has 41 heavy (non-hydrogen) atoms. The average Bonchev–Trinajstić information content (AvgIpc) is 3.28. The summed E-state index contributed by atoms with van der Waals surface area (Å²) in [4.78, 5) is 41.2. The highest BCUT2D eigenvalue weighted by molar-refractivity contribution is 6.41. The van der Waals surface area contributed by atoms with E-state index in [0.717, 1.165) is 20.6 Å². The molecule has 3 atom stereocenters. The second kappa shape index (κ2) is 9.93. The van der Waals surface area contributed by atoms with E-state index in [1.807, 2.05) is 5.32 Å². The monoisotopic (exact) mass is 566 g/mol. The lowest BCUT2D eigenvalue weighted by atomic mass is 9.50. The fourth-order valence-corrected chi connectivity index (χ4v) is 5.78. The molecule has 3 heterocycles. The third-order valence-electron chi connectivity index (χ3n) is 8.81. The number of rotatable bonds is 6. The van der Waals surface area contributed by atoms with Gasteiger partial charge in [0.2, 0.25) is 5.91 Å². The Bertz CT molecular complexity index is 1440. The molecule has 6 N–H and O–H groups in total. The molecule has 0 saturated carbocycles. The molecule has 3 amide bonds. The molecule has 2 aromatic carbocycles. The number of morpholine rings is 1. The second-order valence-corrected chi connectivity index (χ2v) is 11.1. The van der Waals surface area contributed by atoms with Gasteiger partial charge in [-0.15, -0.1) is 0 Å². The first kappa shape index (κ1) is 29.2. The highest BCUT2D eigenvalue weighted by atomic mass is 19.1. The number of carbonyl (C=O) groups excluding carboxylic acids is 3. The van der Waals surface area contributed by atoms with Crippen LogP contribution >= 0.6 is 0 Å². The van der Waals surface area contributed by atoms with E-state index in [0.29, 0.717) is 37.6 Å². The zero-order valence-corrected chi connectivity index (χ0v) is 22.9. The molecule has 3 unspecified atom stereocenters. The van der Waals surface area contributed by atoms with Gasteiger partial charge in [-0.2, -0.15) is 0 Å². The fraction of sp³-hybridized carbons (Fsp3) is 0.400. The van der Waals surface area contributed by atoms with E-state index in [1.165, 1.54) is 20.0 Å². The van der Waals surface area contributed by atoms with Crippen molar-refractivity contribution in [1.29, 1.82) is 0 Å². The molecule has 0 bridgehead atoms. The van der Waals surface area contributed by atoms with Gasteiger partial charge in [-0.25, -0.2) is 4.39 Å². The number of nitrogens with one attached hydrogen (secondary N) is 2. The summed E-state index contributed by atoms with van der Waals surface area (Å²) in [6.07, 6.45) is 0. The van der Waals surface area contributed by atoms with Crippen LogP contribution in [0.2, 0.25) is 0 Å². The third-order valence-corrected chi connectivity index (χ3v) is 8.81. The van der Waals surface area contributed by atoms with Crippen molar-refractivity contribution in [3.63, 3.8) is 0 Å². The minimum atomic E-state index is -3.36. The molecule has 3 aliphatic heterocycles. The van der Waals surface area contributed by atoms with Crippen LogP contribution in [0.5, 0.6) is 0 Å². The van der Waals surface area contributed by atoms with Crippen molar-refractivity contribution < 1.29 is 43.9 Å². The van der Waals surface area contributed by atoms with Gasteiger partial charge in [0.25, 0.3) is 17.6 Å². The van der Waals surface area contributed by atoms with E-state index >= 15 is 4.39 Å². The first-order valence-electron chi connectivity index (χ1n) is 13.2. The number of halogens is 1. The van der Waals surface area contributed by atoms with Crippen LogP contribution in [0.1, 0.15) is 27.0 Å². The molecule has 0 spiro atoms. The summed E-state index contributed by atoms with van der Waals surface area (Å²) in [6, 6.07) is 9.51. The molecule has 2 fully saturated rings. The summed E-state index contributed by atoms with van der Waals surface area (Å²) < 4.78 is 21.0. The molecule has 3 aliphatic rings. The molecule has 214 valence electrons. The van der Waals surface area contributed by atoms with Gasteiger partial charge in [0.1, 0.15) is 22.4 Å². The lowest BCUT2D eigenvalue weighted by Crippen LogP contribution is -2.86. The highest BCUT2D eigenvalue weighted by Gasteiger charge is 2.70. The van der Waals surface area contributed by atoms with Gasteiger partial charge in [0.15, 0.2) is 23.5 Å². The van der Waals surface area contributed by atoms with Gasteiger partial charge < -0.3 is 35.4 Å². The van der Waals surface area contributed by atoms with Gasteiger partial charge in [-0.05, 0) is 12.1 Å². The number of aliphatic hydroxyl groups is 4. The van der Waals surface area contributed by atoms with Crippen molar-refractivity contribution in [1.82, 2.24) is 15.1 Å². The van der Waals surface area contributed by atoms with Gasteiger partial charge in [0, 0.05) is 54.1 Å². The minimum Gasteiger partial charge on any atom is -0.391 e. The zero-order valence-electron chi connectivity index (χ0n) is 22.9. The van der Waals surface area contributed by atoms with Crippen LogP contribution < -0.4 is 10.6 Å². The second-order valence-electron chi connectivity index (χ2n) is 11.1. The van der Waals surface area contributed by atoms with Crippen LogP contribution in [-0.2, 0) is 33.0 Å². The quantitative estimate of drug-likeness (QED) is 0.114. The summed E-state index contributed by atoms with van der Waals surface area (Å²) in [7, 11) is 3.59. The van der Waals surface area contributed by atoms with Crippen LogP contribution in [0, 0.1) is 5.82 Å². The molecule has 16 heteroatoms. The lowest BCUT2D eigenvalue weighted by Gasteiger charge is -2.54. The first-order valence-corrected chi connectivity index (χ1v) is 13.2. The summed E-state index contributed by atoms with van der Waals surface area (Å²) in [5.41, 5.74) is -5.15. The molecular weight excluding hydrogens is 536 g/mol. The third kappa shape index (κ3) is 4.28. The van der Waals surface area contributed by atoms with E-state index in [2.05, 4.69) is 5.32 Å². The smallest absolute Gasteiger partial charge is 0.288 e. The van der Waals surface area contributed by atoms with Gasteiger partial charge in [0.05, 0.1) is 13.2 Å². The minimum absolute atomic E-state index is 0.0100. The Hall–Kier alpha value is -3.27. The van der Waals surface area contributed by atoms with Gasteiger partial charge >= 0.3 is 0 Å². The summed E-state index contributed by atoms with van der Waals surface area (Å²) in [5.74, 6) is -7.21. The number of ether oxygens (including phenoxy) is 1. The number of fused-ring (bicyclic) bond motifs is 1. The number of anilines is 1. The highest BCUT2D eigenvalue weighted by Crippen LogP contribution is 2.41. The molecule has 2 aromatic rings. The fourth-order valence-electron chi connectivity index (χ4n) is 5.78. The number of hydrogen-bond acceptors (Lipinski definition) is 10. The van der Waals surface area contributed by atoms with E-state index in [1.54, 1.807) is 29.2 Å². The lowest BCUT2D eigenvalue weighted by molar-refractivity contribution is -0.257. The SMILES string of the molecule is BC(O)(c1cccc(CNc2cccc3c2CN(C2(B)C(=O)NC(=O)C(O)(O)C2(B)O)C3=O)c1F)N1CCOCC1. The van der Waals surface area contributed by atoms with E-state index in [9.17, 15) is 34.8 Å². The van der Waals surface area contributed by atoms with Crippen LogP contribution in [0.25, 0.3) is 0 Å². The molecule has 0 aliphatic carbocycles. The predicted molar refractivity (Wildman–Crippen MR) is 150 cm³/mol. The number of hydrogen-bond donors (Lipinski definition) is 6. The van der Waals surface area contributed by atoms with E-state index in [4.69, 9.17) is 4.74 Å².